The number of hydrogen-bond donors (Lipinski definition) is 4. The Morgan fingerprint density at radius 3 is 2.66 bits per heavy atom. The fourth-order valence-electron chi connectivity index (χ4n) is 3.59. The van der Waals surface area contributed by atoms with E-state index in [0.717, 1.165) is 21.2 Å². The van der Waals surface area contributed by atoms with Gasteiger partial charge in [0, 0.05) is 16.1 Å². The summed E-state index contributed by atoms with van der Waals surface area (Å²) in [4.78, 5) is 17.3. The molecule has 2 aromatic carbocycles. The van der Waals surface area contributed by atoms with E-state index in [1.807, 2.05) is 13.0 Å². The number of hydrogen-bond acceptors (Lipinski definition) is 6. The van der Waals surface area contributed by atoms with E-state index in [9.17, 15) is 4.79 Å². The van der Waals surface area contributed by atoms with Crippen LogP contribution in [-0.4, -0.2) is 17.2 Å². The molecule has 4 N–H and O–H groups in total. The van der Waals surface area contributed by atoms with E-state index < -0.39 is 6.29 Å². The van der Waals surface area contributed by atoms with Crippen LogP contribution in [-0.2, 0) is 0 Å². The summed E-state index contributed by atoms with van der Waals surface area (Å²) >= 11 is 15.9. The topological polar surface area (TPSA) is 91.2 Å². The van der Waals surface area contributed by atoms with E-state index in [-0.39, 0.29) is 5.91 Å². The van der Waals surface area contributed by atoms with Crippen molar-refractivity contribution in [2.75, 3.05) is 21.3 Å². The number of aryl methyl sites for hydroxylation is 1. The molecule has 162 valence electrons. The van der Waals surface area contributed by atoms with Crippen LogP contribution in [0.25, 0.3) is 11.0 Å². The summed E-state index contributed by atoms with van der Waals surface area (Å²) in [5, 5.41) is 14.6. The molecule has 3 heterocycles. The standard InChI is InChI=1S/C22H16BrCl2N5O2/c1-10-7-12-18-16(27-22(29-18)30-19-14(24)3-2-4-15(19)25)8-13(20(12)32-10)21(31)28-17-6-5-11(23)9-26-17/h2-9,22,27,29-30H,1H3,(H,26,28,31). The molecule has 7 nitrogen and oxygen atoms in total. The Hall–Kier alpha value is -2.94. The van der Waals surface area contributed by atoms with Crippen LogP contribution in [0.5, 0.6) is 0 Å². The maximum atomic E-state index is 13.1. The highest BCUT2D eigenvalue weighted by Crippen LogP contribution is 2.41. The first-order valence-electron chi connectivity index (χ1n) is 9.63. The second-order valence-corrected chi connectivity index (χ2v) is 8.96. The number of benzene rings is 2. The number of rotatable bonds is 4. The lowest BCUT2D eigenvalue weighted by atomic mass is 10.1. The van der Waals surface area contributed by atoms with Crippen molar-refractivity contribution in [2.24, 2.45) is 0 Å². The number of carbonyl (C=O) groups is 1. The zero-order valence-electron chi connectivity index (χ0n) is 16.6. The summed E-state index contributed by atoms with van der Waals surface area (Å²) in [6, 6.07) is 12.5. The molecule has 0 fully saturated rings. The molecule has 0 radical (unpaired) electrons. The first kappa shape index (κ1) is 20.9. The molecular formula is C22H16BrCl2N5O2. The highest BCUT2D eigenvalue weighted by molar-refractivity contribution is 9.10. The van der Waals surface area contributed by atoms with E-state index in [1.54, 1.807) is 42.6 Å². The fraction of sp³-hybridized carbons (Fsp3) is 0.0909. The monoisotopic (exact) mass is 531 g/mol. The summed E-state index contributed by atoms with van der Waals surface area (Å²) in [6.07, 6.45) is 1.22. The van der Waals surface area contributed by atoms with Gasteiger partial charge in [0.2, 0.25) is 0 Å². The average molecular weight is 533 g/mol. The van der Waals surface area contributed by atoms with Gasteiger partial charge in [0.05, 0.1) is 32.7 Å². The van der Waals surface area contributed by atoms with Crippen molar-refractivity contribution in [1.29, 1.82) is 0 Å². The van der Waals surface area contributed by atoms with Gasteiger partial charge in [0.25, 0.3) is 5.91 Å². The average Bonchev–Trinajstić information content (AvgIpc) is 3.34. The molecule has 0 saturated carbocycles. The zero-order chi connectivity index (χ0) is 22.4. The van der Waals surface area contributed by atoms with Gasteiger partial charge in [-0.2, -0.15) is 0 Å². The molecule has 5 rings (SSSR count). The minimum atomic E-state index is -0.396. The second kappa shape index (κ2) is 8.20. The summed E-state index contributed by atoms with van der Waals surface area (Å²) < 4.78 is 6.70. The van der Waals surface area contributed by atoms with Crippen molar-refractivity contribution in [2.45, 2.75) is 13.2 Å². The number of para-hydroxylation sites is 1. The molecule has 0 bridgehead atoms. The Bertz CT molecular complexity index is 1340. The number of fused-ring (bicyclic) bond motifs is 3. The van der Waals surface area contributed by atoms with Gasteiger partial charge in [-0.15, -0.1) is 0 Å². The Kier molecular flexibility index (Phi) is 5.36. The molecule has 0 aliphatic carbocycles. The molecule has 1 aliphatic rings. The lowest BCUT2D eigenvalue weighted by molar-refractivity contribution is 0.102. The number of aromatic nitrogens is 1. The number of nitrogens with one attached hydrogen (secondary N) is 4. The van der Waals surface area contributed by atoms with E-state index in [4.69, 9.17) is 27.6 Å². The van der Waals surface area contributed by atoms with E-state index in [0.29, 0.717) is 38.5 Å². The lowest BCUT2D eigenvalue weighted by Gasteiger charge is -2.17. The van der Waals surface area contributed by atoms with E-state index >= 15 is 0 Å². The van der Waals surface area contributed by atoms with E-state index in [2.05, 4.69) is 42.2 Å². The van der Waals surface area contributed by atoms with Gasteiger partial charge in [-0.3, -0.25) is 4.79 Å². The van der Waals surface area contributed by atoms with Crippen LogP contribution in [0, 0.1) is 6.92 Å². The summed E-state index contributed by atoms with van der Waals surface area (Å²) in [7, 11) is 0. The number of nitrogens with zero attached hydrogens (tertiary/aromatic N) is 1. The Balaban J connectivity index is 1.48. The van der Waals surface area contributed by atoms with E-state index in [1.165, 1.54) is 0 Å². The summed E-state index contributed by atoms with van der Waals surface area (Å²) in [5.41, 5.74) is 3.04. The molecule has 10 heteroatoms. The predicted molar refractivity (Wildman–Crippen MR) is 132 cm³/mol. The molecule has 0 spiro atoms. The third-order valence-electron chi connectivity index (χ3n) is 4.98. The highest BCUT2D eigenvalue weighted by Gasteiger charge is 2.28. The summed E-state index contributed by atoms with van der Waals surface area (Å²) in [5.74, 6) is 0.806. The highest BCUT2D eigenvalue weighted by atomic mass is 79.9. The van der Waals surface area contributed by atoms with Crippen LogP contribution in [0.4, 0.5) is 22.9 Å². The third kappa shape index (κ3) is 3.85. The van der Waals surface area contributed by atoms with Crippen molar-refractivity contribution >= 4 is 78.9 Å². The molecular weight excluding hydrogens is 517 g/mol. The maximum absolute atomic E-state index is 13.1. The Morgan fingerprint density at radius 2 is 1.94 bits per heavy atom. The molecule has 32 heavy (non-hydrogen) atoms. The van der Waals surface area contributed by atoms with Crippen LogP contribution in [0.1, 0.15) is 16.1 Å². The first-order valence-corrected chi connectivity index (χ1v) is 11.2. The van der Waals surface area contributed by atoms with Gasteiger partial charge < -0.3 is 25.7 Å². The van der Waals surface area contributed by atoms with Crippen LogP contribution < -0.4 is 21.3 Å². The third-order valence-corrected chi connectivity index (χ3v) is 6.08. The molecule has 1 aliphatic heterocycles. The molecule has 2 aromatic heterocycles. The van der Waals surface area contributed by atoms with Crippen molar-refractivity contribution in [3.63, 3.8) is 0 Å². The summed E-state index contributed by atoms with van der Waals surface area (Å²) in [6.45, 7) is 1.84. The minimum absolute atomic E-state index is 0.325. The number of anilines is 4. The quantitative estimate of drug-likeness (QED) is 0.234. The van der Waals surface area contributed by atoms with Gasteiger partial charge in [-0.1, -0.05) is 29.3 Å². The Morgan fingerprint density at radius 1 is 1.16 bits per heavy atom. The van der Waals surface area contributed by atoms with Crippen LogP contribution in [0.2, 0.25) is 10.0 Å². The van der Waals surface area contributed by atoms with Crippen molar-refractivity contribution in [3.8, 4) is 0 Å². The maximum Gasteiger partial charge on any atom is 0.260 e. The van der Waals surface area contributed by atoms with Gasteiger partial charge >= 0.3 is 0 Å². The largest absolute Gasteiger partial charge is 0.460 e. The number of halogens is 3. The van der Waals surface area contributed by atoms with Crippen molar-refractivity contribution in [1.82, 2.24) is 4.98 Å². The number of furan rings is 1. The zero-order valence-corrected chi connectivity index (χ0v) is 19.7. The normalized spacial score (nSPS) is 14.6. The second-order valence-electron chi connectivity index (χ2n) is 7.23. The Labute approximate surface area is 201 Å². The number of carbonyl (C=O) groups excluding carboxylic acids is 1. The molecule has 1 atom stereocenters. The number of pyridine rings is 1. The first-order chi connectivity index (χ1) is 15.4. The molecule has 1 unspecified atom stereocenters. The molecule has 0 saturated heterocycles. The van der Waals surface area contributed by atoms with Gasteiger partial charge in [0.1, 0.15) is 17.2 Å². The van der Waals surface area contributed by atoms with Gasteiger partial charge in [-0.25, -0.2) is 4.98 Å². The fourth-order valence-corrected chi connectivity index (χ4v) is 4.33. The van der Waals surface area contributed by atoms with Gasteiger partial charge in [0.15, 0.2) is 6.29 Å². The van der Waals surface area contributed by atoms with Crippen molar-refractivity contribution in [3.05, 3.63) is 74.5 Å². The van der Waals surface area contributed by atoms with Crippen molar-refractivity contribution < 1.29 is 9.21 Å². The SMILES string of the molecule is Cc1cc2c3c(cc(C(=O)Nc4ccc(Br)cn4)c2o1)NC(Nc1c(Cl)cccc1Cl)N3. The van der Waals surface area contributed by atoms with Crippen LogP contribution in [0.3, 0.4) is 0 Å². The molecule has 1 amide bonds. The number of amides is 1. The van der Waals surface area contributed by atoms with Crippen LogP contribution in [0.15, 0.2) is 57.6 Å². The molecule has 4 aromatic rings. The van der Waals surface area contributed by atoms with Crippen LogP contribution >= 0.6 is 39.1 Å². The minimum Gasteiger partial charge on any atom is -0.460 e. The predicted octanol–water partition coefficient (Wildman–Crippen LogP) is 6.69. The van der Waals surface area contributed by atoms with Gasteiger partial charge in [-0.05, 0) is 59.3 Å². The smallest absolute Gasteiger partial charge is 0.260 e. The lowest BCUT2D eigenvalue weighted by Crippen LogP contribution is -2.31.